The van der Waals surface area contributed by atoms with Crippen LogP contribution in [0.2, 0.25) is 0 Å². The molecule has 0 spiro atoms. The molecule has 2 atom stereocenters. The van der Waals surface area contributed by atoms with Crippen molar-refractivity contribution in [1.29, 1.82) is 0 Å². The molecule has 0 saturated heterocycles. The normalized spacial score (nSPS) is 13.0. The predicted octanol–water partition coefficient (Wildman–Crippen LogP) is 4.78. The highest BCUT2D eigenvalue weighted by Gasteiger charge is 2.35. The van der Waals surface area contributed by atoms with Crippen molar-refractivity contribution in [3.8, 4) is 0 Å². The summed E-state index contributed by atoms with van der Waals surface area (Å²) in [7, 11) is -1.16. The molecule has 0 aromatic heterocycles. The number of nitrogens with zero attached hydrogens (tertiary/aromatic N) is 3. The topological polar surface area (TPSA) is 90.0 Å². The van der Waals surface area contributed by atoms with Gasteiger partial charge >= 0.3 is 10.2 Å². The third-order valence-corrected chi connectivity index (χ3v) is 9.20. The van der Waals surface area contributed by atoms with Gasteiger partial charge in [-0.3, -0.25) is 9.59 Å². The number of anilines is 1. The molecule has 0 bridgehead atoms. The fraction of sp³-hybridized carbons (Fsp3) is 0.394. The second kappa shape index (κ2) is 14.5. The van der Waals surface area contributed by atoms with Crippen LogP contribution in [0.15, 0.2) is 72.8 Å². The molecule has 0 radical (unpaired) electrons. The zero-order chi connectivity index (χ0) is 31.0. The van der Waals surface area contributed by atoms with E-state index in [9.17, 15) is 18.0 Å². The Labute approximate surface area is 251 Å². The van der Waals surface area contributed by atoms with Crippen LogP contribution < -0.4 is 9.62 Å². The van der Waals surface area contributed by atoms with Gasteiger partial charge in [0, 0.05) is 33.1 Å². The summed E-state index contributed by atoms with van der Waals surface area (Å²) in [6, 6.07) is 21.9. The summed E-state index contributed by atoms with van der Waals surface area (Å²) in [5.74, 6) is -0.746. The largest absolute Gasteiger partial charge is 0.352 e. The fourth-order valence-corrected chi connectivity index (χ4v) is 5.69. The monoisotopic (exact) mass is 592 g/mol. The molecule has 0 heterocycles. The van der Waals surface area contributed by atoms with Crippen molar-refractivity contribution in [2.75, 3.05) is 24.9 Å². The molecule has 2 amide bonds. The molecule has 0 unspecified atom stereocenters. The maximum absolute atomic E-state index is 14.4. The quantitative estimate of drug-likeness (QED) is 0.309. The highest BCUT2D eigenvalue weighted by Crippen LogP contribution is 2.26. The molecule has 42 heavy (non-hydrogen) atoms. The van der Waals surface area contributed by atoms with Crippen molar-refractivity contribution in [2.24, 2.45) is 0 Å². The van der Waals surface area contributed by atoms with Gasteiger partial charge in [-0.2, -0.15) is 12.7 Å². The van der Waals surface area contributed by atoms with Crippen molar-refractivity contribution >= 4 is 27.7 Å². The van der Waals surface area contributed by atoms with Crippen molar-refractivity contribution in [3.63, 3.8) is 0 Å². The number of carbonyl (C=O) groups excluding carboxylic acids is 2. The van der Waals surface area contributed by atoms with Gasteiger partial charge in [-0.1, -0.05) is 79.2 Å². The maximum Gasteiger partial charge on any atom is 0.304 e. The Morgan fingerprint density at radius 3 is 2.07 bits per heavy atom. The summed E-state index contributed by atoms with van der Waals surface area (Å²) >= 11 is 0. The minimum absolute atomic E-state index is 0.0901. The van der Waals surface area contributed by atoms with E-state index in [0.717, 1.165) is 42.8 Å². The van der Waals surface area contributed by atoms with Crippen LogP contribution in [0.25, 0.3) is 0 Å². The highest BCUT2D eigenvalue weighted by molar-refractivity contribution is 7.90. The Morgan fingerprint density at radius 1 is 0.857 bits per heavy atom. The van der Waals surface area contributed by atoms with Crippen LogP contribution in [0.3, 0.4) is 0 Å². The van der Waals surface area contributed by atoms with Gasteiger partial charge in [0.2, 0.25) is 11.8 Å². The molecule has 3 aromatic rings. The Hall–Kier alpha value is -3.69. The summed E-state index contributed by atoms with van der Waals surface area (Å²) in [4.78, 5) is 29.7. The van der Waals surface area contributed by atoms with Gasteiger partial charge in [0.1, 0.15) is 12.6 Å². The fourth-order valence-electron chi connectivity index (χ4n) is 4.58. The molecule has 0 aliphatic heterocycles. The number of rotatable bonds is 13. The second-order valence-corrected chi connectivity index (χ2v) is 13.2. The average molecular weight is 593 g/mol. The minimum atomic E-state index is -4.05. The van der Waals surface area contributed by atoms with Crippen LogP contribution in [0.1, 0.15) is 48.1 Å². The number of hydrogen-bond donors (Lipinski definition) is 1. The molecule has 9 heteroatoms. The summed E-state index contributed by atoms with van der Waals surface area (Å²) in [5.41, 5.74) is 4.83. The Kier molecular flexibility index (Phi) is 11.3. The lowest BCUT2D eigenvalue weighted by atomic mass is 10.0. The lowest BCUT2D eigenvalue weighted by molar-refractivity contribution is -0.140. The Bertz CT molecular complexity index is 1460. The van der Waals surface area contributed by atoms with E-state index in [-0.39, 0.29) is 24.9 Å². The molecule has 8 nitrogen and oxygen atoms in total. The van der Waals surface area contributed by atoms with E-state index in [0.29, 0.717) is 5.69 Å². The van der Waals surface area contributed by atoms with Crippen molar-refractivity contribution in [1.82, 2.24) is 14.5 Å². The number of carbonyl (C=O) groups is 2. The van der Waals surface area contributed by atoms with Crippen LogP contribution in [0.5, 0.6) is 0 Å². The zero-order valence-electron chi connectivity index (χ0n) is 25.8. The Balaban J connectivity index is 2.13. The van der Waals surface area contributed by atoms with Crippen LogP contribution in [0.4, 0.5) is 5.69 Å². The summed E-state index contributed by atoms with van der Waals surface area (Å²) in [6.07, 6.45) is 1.02. The first-order valence-electron chi connectivity index (χ1n) is 14.3. The first kappa shape index (κ1) is 32.8. The van der Waals surface area contributed by atoms with Gasteiger partial charge in [-0.15, -0.1) is 0 Å². The van der Waals surface area contributed by atoms with E-state index < -0.39 is 28.7 Å². The van der Waals surface area contributed by atoms with Gasteiger partial charge in [0.05, 0.1) is 5.69 Å². The standard InChI is InChI=1S/C33H44N4O4S/c1-8-27(5)34-33(39)31(21-28-12-10-9-11-13-28)36(22-29-18-15-24(2)16-19-29)32(38)23-37(42(40,41)35(6)7)30-20-25(3)14-17-26(30)4/h9-20,27,31H,8,21-23H2,1-7H3,(H,34,39)/t27-,31+/m1/s1. The van der Waals surface area contributed by atoms with Gasteiger partial charge < -0.3 is 10.2 Å². The van der Waals surface area contributed by atoms with Crippen LogP contribution >= 0.6 is 0 Å². The van der Waals surface area contributed by atoms with Gasteiger partial charge in [-0.05, 0) is 62.4 Å². The molecule has 0 aliphatic carbocycles. The third kappa shape index (κ3) is 8.42. The first-order valence-corrected chi connectivity index (χ1v) is 15.7. The van der Waals surface area contributed by atoms with Crippen molar-refractivity contribution < 1.29 is 18.0 Å². The van der Waals surface area contributed by atoms with Crippen LogP contribution in [-0.4, -0.2) is 62.2 Å². The number of benzene rings is 3. The molecular formula is C33H44N4O4S. The molecule has 3 aromatic carbocycles. The summed E-state index contributed by atoms with van der Waals surface area (Å²) < 4.78 is 29.5. The smallest absolute Gasteiger partial charge is 0.304 e. The predicted molar refractivity (Wildman–Crippen MR) is 169 cm³/mol. The molecule has 0 aliphatic rings. The van der Waals surface area contributed by atoms with E-state index in [1.54, 1.807) is 6.07 Å². The molecule has 1 N–H and O–H groups in total. The van der Waals surface area contributed by atoms with Crippen molar-refractivity contribution in [2.45, 2.75) is 66.1 Å². The first-order chi connectivity index (χ1) is 19.8. The second-order valence-electron chi connectivity index (χ2n) is 11.1. The van der Waals surface area contributed by atoms with E-state index in [2.05, 4.69) is 5.32 Å². The SMILES string of the molecule is CC[C@@H](C)NC(=O)[C@H](Cc1ccccc1)N(Cc1ccc(C)cc1)C(=O)CN(c1cc(C)ccc1C)S(=O)(=O)N(C)C. The molecule has 0 fully saturated rings. The molecule has 3 rings (SSSR count). The van der Waals surface area contributed by atoms with Crippen LogP contribution in [-0.2, 0) is 32.8 Å². The summed E-state index contributed by atoms with van der Waals surface area (Å²) in [5, 5.41) is 3.06. The minimum Gasteiger partial charge on any atom is -0.352 e. The van der Waals surface area contributed by atoms with E-state index in [1.807, 2.05) is 101 Å². The van der Waals surface area contributed by atoms with E-state index >= 15 is 0 Å². The number of aryl methyl sites for hydroxylation is 3. The Morgan fingerprint density at radius 2 is 1.48 bits per heavy atom. The highest BCUT2D eigenvalue weighted by atomic mass is 32.2. The van der Waals surface area contributed by atoms with Gasteiger partial charge in [0.25, 0.3) is 0 Å². The molecule has 0 saturated carbocycles. The third-order valence-electron chi connectivity index (χ3n) is 7.40. The van der Waals surface area contributed by atoms with Gasteiger partial charge in [0.15, 0.2) is 0 Å². The lowest BCUT2D eigenvalue weighted by Crippen LogP contribution is -2.55. The number of hydrogen-bond acceptors (Lipinski definition) is 4. The molecular weight excluding hydrogens is 548 g/mol. The summed E-state index contributed by atoms with van der Waals surface area (Å²) in [6.45, 7) is 9.28. The van der Waals surface area contributed by atoms with Crippen molar-refractivity contribution in [3.05, 3.63) is 101 Å². The number of nitrogens with one attached hydrogen (secondary N) is 1. The zero-order valence-corrected chi connectivity index (χ0v) is 26.6. The maximum atomic E-state index is 14.4. The van der Waals surface area contributed by atoms with E-state index in [4.69, 9.17) is 0 Å². The van der Waals surface area contributed by atoms with E-state index in [1.165, 1.54) is 19.0 Å². The number of amides is 2. The van der Waals surface area contributed by atoms with Crippen LogP contribution in [0, 0.1) is 20.8 Å². The lowest BCUT2D eigenvalue weighted by Gasteiger charge is -2.35. The average Bonchev–Trinajstić information content (AvgIpc) is 2.96. The van der Waals surface area contributed by atoms with Gasteiger partial charge in [-0.25, -0.2) is 4.31 Å². The molecule has 226 valence electrons.